The van der Waals surface area contributed by atoms with Crippen LogP contribution in [0, 0.1) is 6.92 Å². The van der Waals surface area contributed by atoms with Crippen LogP contribution in [-0.4, -0.2) is 81.0 Å². The molecular weight excluding hydrogens is 1000 g/mol. The van der Waals surface area contributed by atoms with Crippen molar-refractivity contribution in [3.05, 3.63) is 126 Å². The van der Waals surface area contributed by atoms with E-state index in [1.54, 1.807) is 62.4 Å². The molecule has 0 bridgehead atoms. The fourth-order valence-corrected chi connectivity index (χ4v) is 11.5. The molecular formula is C42H32N8O14S5. The first kappa shape index (κ1) is 45.6. The molecule has 6 N–H and O–H groups in total. The summed E-state index contributed by atoms with van der Waals surface area (Å²) in [7, 11) is -22.1. The van der Waals surface area contributed by atoms with Crippen molar-refractivity contribution in [2.75, 3.05) is 22.4 Å². The first-order chi connectivity index (χ1) is 32.5. The highest BCUT2D eigenvalue weighted by molar-refractivity contribution is 7.86. The Morgan fingerprint density at radius 3 is 1.99 bits per heavy atom. The second-order valence-electron chi connectivity index (χ2n) is 15.7. The molecule has 7 aromatic carbocycles. The summed E-state index contributed by atoms with van der Waals surface area (Å²) < 4.78 is 167. The summed E-state index contributed by atoms with van der Waals surface area (Å²) in [5.74, 6) is 0. The van der Waals surface area contributed by atoms with Crippen molar-refractivity contribution in [3.63, 3.8) is 0 Å². The monoisotopic (exact) mass is 1030 g/mol. The van der Waals surface area contributed by atoms with Gasteiger partial charge in [-0.05, 0) is 89.7 Å². The van der Waals surface area contributed by atoms with Crippen LogP contribution in [0.25, 0.3) is 50.4 Å². The summed E-state index contributed by atoms with van der Waals surface area (Å²) in [6, 6.07) is 25.5. The van der Waals surface area contributed by atoms with Gasteiger partial charge in [0.1, 0.15) is 38.1 Å². The van der Waals surface area contributed by atoms with Crippen LogP contribution in [-0.2, 0) is 51.2 Å². The zero-order valence-corrected chi connectivity index (χ0v) is 39.0. The van der Waals surface area contributed by atoms with Gasteiger partial charge in [0.2, 0.25) is 0 Å². The summed E-state index contributed by atoms with van der Waals surface area (Å²) in [6.07, 6.45) is 2.38. The van der Waals surface area contributed by atoms with Gasteiger partial charge in [0.25, 0.3) is 40.5 Å². The number of aryl methyl sites for hydroxylation is 1. The zero-order chi connectivity index (χ0) is 49.1. The van der Waals surface area contributed by atoms with Crippen molar-refractivity contribution < 1.29 is 60.3 Å². The molecule has 0 aliphatic carbocycles. The second-order valence-corrected chi connectivity index (χ2v) is 22.3. The van der Waals surface area contributed by atoms with E-state index in [0.717, 1.165) is 12.1 Å². The molecule has 0 amide bonds. The number of fused-ring (bicyclic) bond motifs is 9. The Morgan fingerprint density at radius 2 is 1.32 bits per heavy atom. The van der Waals surface area contributed by atoms with Crippen molar-refractivity contribution in [3.8, 4) is 5.69 Å². The SMILES string of the molecule is Cc1cc(-n2n3c4ccc5cc(S(=O)(=O)O)ccc5c4n23)c([SH](=O)=O)cc1N=Nc1ccc(C=Cc2ccc(NN3CNc4cc(S(=O)(=O)O)c5ccccc5c43)cc2S(=O)(=O)O)c(S(=O)(=O)O)c1. The standard InChI is InChI=1S/C42H32N8O14S5/c1-23-16-36(49-48-35-15-10-26-17-29(66(53,54)55)13-14-30(26)42(35)50(48)49)37(65(51)52)20-33(23)45-44-27-11-8-24(38(18-27)67(56,57)58)6-7-25-9-12-28(19-39(25)68(59,60)61)46-47-22-43-34-21-40(69(62,63)64)31-4-2-3-5-32(31)41(34)47/h2-21,43,46,65H,22H2,1H3,(H,53,54,55)(H,56,57,58)(H,59,60,61)(H,62,63,64). The number of nitrogens with one attached hydrogen (secondary N) is 2. The van der Waals surface area contributed by atoms with Crippen LogP contribution in [0.1, 0.15) is 16.7 Å². The summed E-state index contributed by atoms with van der Waals surface area (Å²) in [4.78, 5) is -0.383. The van der Waals surface area contributed by atoms with Gasteiger partial charge in [0.05, 0.1) is 38.2 Å². The van der Waals surface area contributed by atoms with Crippen LogP contribution in [0.5, 0.6) is 0 Å². The molecule has 354 valence electrons. The minimum atomic E-state index is -4.96. The van der Waals surface area contributed by atoms with Gasteiger partial charge in [-0.25, -0.2) is 8.42 Å². The Bertz CT molecular complexity index is 4300. The molecule has 3 heterocycles. The van der Waals surface area contributed by atoms with E-state index < -0.39 is 61.0 Å². The third kappa shape index (κ3) is 8.13. The molecule has 10 rings (SSSR count). The van der Waals surface area contributed by atoms with E-state index in [1.807, 2.05) is 0 Å². The maximum atomic E-state index is 12.7. The largest absolute Gasteiger partial charge is 0.364 e. The lowest BCUT2D eigenvalue weighted by Crippen LogP contribution is -2.29. The number of hydrogen-bond acceptors (Lipinski definition) is 15. The zero-order valence-electron chi connectivity index (χ0n) is 34.9. The van der Waals surface area contributed by atoms with Gasteiger partial charge in [-0.3, -0.25) is 28.6 Å². The number of benzene rings is 7. The fraction of sp³-hybridized carbons (Fsp3) is 0.0476. The maximum Gasteiger partial charge on any atom is 0.295 e. The third-order valence-electron chi connectivity index (χ3n) is 11.4. The Kier molecular flexibility index (Phi) is 10.5. The van der Waals surface area contributed by atoms with Crippen LogP contribution in [0.3, 0.4) is 0 Å². The van der Waals surface area contributed by atoms with Gasteiger partial charge in [-0.1, -0.05) is 60.7 Å². The molecule has 22 nitrogen and oxygen atoms in total. The Balaban J connectivity index is 0.926. The Hall–Kier alpha value is -7.21. The summed E-state index contributed by atoms with van der Waals surface area (Å²) in [5.41, 5.74) is 5.95. The van der Waals surface area contributed by atoms with Crippen molar-refractivity contribution in [1.82, 2.24) is 14.1 Å². The van der Waals surface area contributed by atoms with E-state index in [4.69, 9.17) is 0 Å². The molecule has 0 saturated heterocycles. The summed E-state index contributed by atoms with van der Waals surface area (Å²) >= 11 is 0. The quantitative estimate of drug-likeness (QED) is 0.0286. The number of azo groups is 1. The number of aromatic nitrogens is 3. The highest BCUT2D eigenvalue weighted by Gasteiger charge is 2.30. The van der Waals surface area contributed by atoms with Gasteiger partial charge >= 0.3 is 0 Å². The predicted molar refractivity (Wildman–Crippen MR) is 253 cm³/mol. The summed E-state index contributed by atoms with van der Waals surface area (Å²) in [6.45, 7) is 1.71. The molecule has 0 fully saturated rings. The van der Waals surface area contributed by atoms with Gasteiger partial charge in [-0.2, -0.15) is 43.9 Å². The molecule has 69 heavy (non-hydrogen) atoms. The number of hydrazine groups is 1. The number of hydrogen-bond donors (Lipinski definition) is 7. The van der Waals surface area contributed by atoms with Crippen molar-refractivity contribution >= 4 is 124 Å². The molecule has 0 atom stereocenters. The maximum absolute atomic E-state index is 12.7. The van der Waals surface area contributed by atoms with E-state index in [0.29, 0.717) is 44.1 Å². The molecule has 1 aliphatic heterocycles. The number of nitrogens with zero attached hydrogens (tertiary/aromatic N) is 6. The third-order valence-corrected chi connectivity index (χ3v) is 15.7. The lowest BCUT2D eigenvalue weighted by Gasteiger charge is -2.22. The molecule has 0 radical (unpaired) electrons. The minimum Gasteiger partial charge on any atom is -0.364 e. The molecule has 0 spiro atoms. The molecule has 2 aromatic heterocycles. The van der Waals surface area contributed by atoms with Crippen LogP contribution < -0.4 is 15.8 Å². The average Bonchev–Trinajstić information content (AvgIpc) is 3.75. The Labute approximate surface area is 392 Å². The molecule has 0 unspecified atom stereocenters. The van der Waals surface area contributed by atoms with Crippen molar-refractivity contribution in [1.29, 1.82) is 0 Å². The highest BCUT2D eigenvalue weighted by atomic mass is 32.2. The topological polar surface area (TPSA) is 317 Å². The van der Waals surface area contributed by atoms with Crippen LogP contribution in [0.4, 0.5) is 28.4 Å². The lowest BCUT2D eigenvalue weighted by molar-refractivity contribution is 0.480. The van der Waals surface area contributed by atoms with Crippen LogP contribution >= 0.6 is 0 Å². The van der Waals surface area contributed by atoms with E-state index in [-0.39, 0.29) is 60.6 Å². The van der Waals surface area contributed by atoms with Crippen molar-refractivity contribution in [2.24, 2.45) is 10.2 Å². The molecule has 9 aromatic rings. The predicted octanol–water partition coefficient (Wildman–Crippen LogP) is 6.79. The summed E-state index contributed by atoms with van der Waals surface area (Å²) in [5, 5.41) is 14.7. The molecule has 0 saturated carbocycles. The van der Waals surface area contributed by atoms with E-state index in [9.17, 15) is 60.3 Å². The van der Waals surface area contributed by atoms with E-state index in [2.05, 4.69) is 21.0 Å². The van der Waals surface area contributed by atoms with E-state index in [1.165, 1.54) is 72.8 Å². The van der Waals surface area contributed by atoms with Crippen LogP contribution in [0.15, 0.2) is 144 Å². The lowest BCUT2D eigenvalue weighted by atomic mass is 10.1. The van der Waals surface area contributed by atoms with Gasteiger partial charge in [0.15, 0.2) is 10.7 Å². The van der Waals surface area contributed by atoms with Crippen molar-refractivity contribution in [2.45, 2.75) is 31.4 Å². The number of rotatable bonds is 12. The smallest absolute Gasteiger partial charge is 0.295 e. The molecule has 1 aliphatic rings. The minimum absolute atomic E-state index is 0.0684. The normalized spacial score (nSPS) is 13.9. The Morgan fingerprint density at radius 1 is 0.652 bits per heavy atom. The second kappa shape index (κ2) is 15.9. The van der Waals surface area contributed by atoms with Gasteiger partial charge in [-0.15, -0.1) is 14.1 Å². The fourth-order valence-electron chi connectivity index (χ4n) is 8.24. The first-order valence-electron chi connectivity index (χ1n) is 19.8. The number of anilines is 3. The van der Waals surface area contributed by atoms with Gasteiger partial charge < -0.3 is 5.32 Å². The van der Waals surface area contributed by atoms with Crippen LogP contribution in [0.2, 0.25) is 0 Å². The first-order valence-corrected chi connectivity index (χ1v) is 26.8. The molecule has 27 heteroatoms. The van der Waals surface area contributed by atoms with E-state index >= 15 is 0 Å². The number of thiol groups is 1. The average molecular weight is 1030 g/mol. The highest BCUT2D eigenvalue weighted by Crippen LogP contribution is 2.42. The van der Waals surface area contributed by atoms with Gasteiger partial charge in [0, 0.05) is 16.2 Å².